The van der Waals surface area contributed by atoms with Crippen LogP contribution < -0.4 is 16.0 Å². The molecule has 0 fully saturated rings. The molecule has 7 nitrogen and oxygen atoms in total. The molecule has 0 spiro atoms. The van der Waals surface area contributed by atoms with Crippen molar-refractivity contribution in [2.75, 3.05) is 25.5 Å². The molecule has 0 aliphatic carbocycles. The van der Waals surface area contributed by atoms with Gasteiger partial charge in [-0.05, 0) is 18.6 Å². The number of esters is 1. The van der Waals surface area contributed by atoms with E-state index in [1.807, 2.05) is 6.92 Å². The van der Waals surface area contributed by atoms with Crippen LogP contribution in [0.1, 0.15) is 23.7 Å². The maximum atomic E-state index is 11.8. The summed E-state index contributed by atoms with van der Waals surface area (Å²) in [6, 6.07) is 6.16. The van der Waals surface area contributed by atoms with Gasteiger partial charge in [0.1, 0.15) is 0 Å². The smallest absolute Gasteiger partial charge is 0.340 e. The minimum atomic E-state index is -0.682. The Morgan fingerprint density at radius 2 is 1.90 bits per heavy atom. The van der Waals surface area contributed by atoms with Gasteiger partial charge in [0.25, 0.3) is 5.91 Å². The van der Waals surface area contributed by atoms with Crippen LogP contribution in [0.5, 0.6) is 0 Å². The van der Waals surface area contributed by atoms with E-state index >= 15 is 0 Å². The maximum absolute atomic E-state index is 11.8. The molecule has 0 unspecified atom stereocenters. The van der Waals surface area contributed by atoms with Crippen molar-refractivity contribution in [2.45, 2.75) is 13.3 Å². The van der Waals surface area contributed by atoms with Crippen LogP contribution in [0.25, 0.3) is 0 Å². The van der Waals surface area contributed by atoms with Crippen molar-refractivity contribution in [2.24, 2.45) is 0 Å². The van der Waals surface area contributed by atoms with E-state index in [0.29, 0.717) is 17.8 Å². The van der Waals surface area contributed by atoms with Crippen molar-refractivity contribution in [1.29, 1.82) is 0 Å². The minimum absolute atomic E-state index is 0.322. The molecule has 0 atom stereocenters. The largest absolute Gasteiger partial charge is 0.452 e. The average molecular weight is 293 g/mol. The summed E-state index contributed by atoms with van der Waals surface area (Å²) in [5, 5.41) is 7.40. The van der Waals surface area contributed by atoms with Crippen LogP contribution in [0.3, 0.4) is 0 Å². The van der Waals surface area contributed by atoms with Gasteiger partial charge in [0.2, 0.25) is 0 Å². The number of para-hydroxylation sites is 1. The van der Waals surface area contributed by atoms with Crippen molar-refractivity contribution in [3.8, 4) is 0 Å². The highest BCUT2D eigenvalue weighted by Gasteiger charge is 2.14. The van der Waals surface area contributed by atoms with Crippen LogP contribution in [-0.4, -0.2) is 38.1 Å². The summed E-state index contributed by atoms with van der Waals surface area (Å²) >= 11 is 0. The molecule has 3 N–H and O–H groups in total. The fourth-order valence-corrected chi connectivity index (χ4v) is 1.53. The average Bonchev–Trinajstić information content (AvgIpc) is 2.50. The van der Waals surface area contributed by atoms with Crippen LogP contribution in [0.4, 0.5) is 10.5 Å². The molecular weight excluding hydrogens is 274 g/mol. The van der Waals surface area contributed by atoms with Gasteiger partial charge in [-0.2, -0.15) is 0 Å². The molecule has 0 saturated carbocycles. The van der Waals surface area contributed by atoms with Gasteiger partial charge in [0.05, 0.1) is 5.56 Å². The molecule has 0 bridgehead atoms. The molecule has 21 heavy (non-hydrogen) atoms. The monoisotopic (exact) mass is 293 g/mol. The van der Waals surface area contributed by atoms with Crippen LogP contribution in [0.2, 0.25) is 0 Å². The Morgan fingerprint density at radius 1 is 1.19 bits per heavy atom. The molecule has 1 rings (SSSR count). The lowest BCUT2D eigenvalue weighted by atomic mass is 10.2. The number of benzene rings is 1. The number of hydrogen-bond donors (Lipinski definition) is 3. The van der Waals surface area contributed by atoms with Gasteiger partial charge >= 0.3 is 12.0 Å². The van der Waals surface area contributed by atoms with Crippen molar-refractivity contribution >= 4 is 23.6 Å². The number of ether oxygens (including phenoxy) is 1. The third kappa shape index (κ3) is 5.52. The predicted molar refractivity (Wildman–Crippen MR) is 78.1 cm³/mol. The first-order valence-electron chi connectivity index (χ1n) is 6.60. The molecule has 114 valence electrons. The number of carbonyl (C=O) groups is 3. The molecule has 0 radical (unpaired) electrons. The number of nitrogens with one attached hydrogen (secondary N) is 3. The number of amides is 3. The molecular formula is C14H19N3O4. The van der Waals surface area contributed by atoms with E-state index in [1.54, 1.807) is 31.3 Å². The van der Waals surface area contributed by atoms with Crippen LogP contribution in [-0.2, 0) is 9.53 Å². The summed E-state index contributed by atoms with van der Waals surface area (Å²) in [5.41, 5.74) is 0.923. The Hall–Kier alpha value is -2.57. The molecule has 0 aromatic heterocycles. The van der Waals surface area contributed by atoms with Gasteiger partial charge in [-0.1, -0.05) is 19.1 Å². The molecule has 7 heteroatoms. The number of hydrogen-bond acceptors (Lipinski definition) is 5. The quantitative estimate of drug-likeness (QED) is 0.683. The maximum Gasteiger partial charge on any atom is 0.340 e. The van der Waals surface area contributed by atoms with Gasteiger partial charge in [-0.25, -0.2) is 9.59 Å². The van der Waals surface area contributed by atoms with Crippen molar-refractivity contribution < 1.29 is 19.1 Å². The molecule has 0 aliphatic heterocycles. The second-order valence-corrected chi connectivity index (χ2v) is 4.18. The first-order valence-corrected chi connectivity index (χ1v) is 6.60. The Bertz CT molecular complexity index is 517. The number of anilines is 1. The number of imide groups is 1. The van der Waals surface area contributed by atoms with Crippen LogP contribution in [0, 0.1) is 0 Å². The lowest BCUT2D eigenvalue weighted by Crippen LogP contribution is -2.41. The summed E-state index contributed by atoms with van der Waals surface area (Å²) in [6.07, 6.45) is 0.761. The number of rotatable bonds is 6. The van der Waals surface area contributed by atoms with E-state index in [9.17, 15) is 14.4 Å². The third-order valence-electron chi connectivity index (χ3n) is 2.54. The third-order valence-corrected chi connectivity index (χ3v) is 2.54. The van der Waals surface area contributed by atoms with Crippen LogP contribution >= 0.6 is 0 Å². The lowest BCUT2D eigenvalue weighted by Gasteiger charge is -2.09. The van der Waals surface area contributed by atoms with E-state index in [4.69, 9.17) is 4.74 Å². The summed E-state index contributed by atoms with van der Waals surface area (Å²) in [7, 11) is 1.68. The summed E-state index contributed by atoms with van der Waals surface area (Å²) < 4.78 is 4.87. The fourth-order valence-electron chi connectivity index (χ4n) is 1.53. The molecule has 1 aromatic carbocycles. The number of urea groups is 1. The first kappa shape index (κ1) is 16.5. The minimum Gasteiger partial charge on any atom is -0.452 e. The topological polar surface area (TPSA) is 96.5 Å². The Balaban J connectivity index is 2.45. The second-order valence-electron chi connectivity index (χ2n) is 4.18. The van der Waals surface area contributed by atoms with Gasteiger partial charge < -0.3 is 15.4 Å². The zero-order chi connectivity index (χ0) is 15.7. The Labute approximate surface area is 123 Å². The van der Waals surface area contributed by atoms with E-state index in [-0.39, 0.29) is 0 Å². The van der Waals surface area contributed by atoms with Gasteiger partial charge in [0, 0.05) is 19.3 Å². The van der Waals surface area contributed by atoms with E-state index in [0.717, 1.165) is 6.42 Å². The molecule has 0 heterocycles. The van der Waals surface area contributed by atoms with Crippen molar-refractivity contribution in [1.82, 2.24) is 10.6 Å². The van der Waals surface area contributed by atoms with Gasteiger partial charge in [-0.3, -0.25) is 10.1 Å². The zero-order valence-electron chi connectivity index (χ0n) is 12.1. The van der Waals surface area contributed by atoms with E-state index in [1.165, 1.54) is 0 Å². The fraction of sp³-hybridized carbons (Fsp3) is 0.357. The Kier molecular flexibility index (Phi) is 6.73. The summed E-state index contributed by atoms with van der Waals surface area (Å²) in [4.78, 5) is 34.5. The van der Waals surface area contributed by atoms with Crippen LogP contribution in [0.15, 0.2) is 24.3 Å². The highest BCUT2D eigenvalue weighted by Crippen LogP contribution is 2.14. The van der Waals surface area contributed by atoms with Gasteiger partial charge in [-0.15, -0.1) is 0 Å². The highest BCUT2D eigenvalue weighted by molar-refractivity contribution is 5.99. The standard InChI is InChI=1S/C14H19N3O4/c1-3-8-16-14(20)17-12(18)9-21-13(19)10-6-4-5-7-11(10)15-2/h4-7,15H,3,8-9H2,1-2H3,(H2,16,17,18,20). The van der Waals surface area contributed by atoms with Gasteiger partial charge in [0.15, 0.2) is 6.61 Å². The van der Waals surface area contributed by atoms with E-state index in [2.05, 4.69) is 16.0 Å². The lowest BCUT2D eigenvalue weighted by molar-refractivity contribution is -0.123. The SMILES string of the molecule is CCCNC(=O)NC(=O)COC(=O)c1ccccc1NC. The Morgan fingerprint density at radius 3 is 2.57 bits per heavy atom. The molecule has 1 aromatic rings. The number of carbonyl (C=O) groups excluding carboxylic acids is 3. The molecule has 3 amide bonds. The second kappa shape index (κ2) is 8.57. The predicted octanol–water partition coefficient (Wildman–Crippen LogP) is 1.12. The highest BCUT2D eigenvalue weighted by atomic mass is 16.5. The van der Waals surface area contributed by atoms with E-state index < -0.39 is 24.5 Å². The summed E-state index contributed by atoms with van der Waals surface area (Å²) in [5.74, 6) is -1.32. The molecule has 0 saturated heterocycles. The normalized spacial score (nSPS) is 9.62. The van der Waals surface area contributed by atoms with Crippen molar-refractivity contribution in [3.05, 3.63) is 29.8 Å². The first-order chi connectivity index (χ1) is 10.1. The molecule has 0 aliphatic rings. The zero-order valence-corrected chi connectivity index (χ0v) is 12.1. The summed E-state index contributed by atoms with van der Waals surface area (Å²) in [6.45, 7) is 1.84. The van der Waals surface area contributed by atoms with Crippen molar-refractivity contribution in [3.63, 3.8) is 0 Å².